The van der Waals surface area contributed by atoms with Gasteiger partial charge in [-0.1, -0.05) is 27.7 Å². The van der Waals surface area contributed by atoms with Gasteiger partial charge in [-0.15, -0.1) is 0 Å². The lowest BCUT2D eigenvalue weighted by molar-refractivity contribution is 0.0152. The Bertz CT molecular complexity index is 284. The Morgan fingerprint density at radius 2 is 1.68 bits per heavy atom. The highest BCUT2D eigenvalue weighted by molar-refractivity contribution is 4.98. The molecule has 0 bridgehead atoms. The van der Waals surface area contributed by atoms with Crippen molar-refractivity contribution in [3.63, 3.8) is 0 Å². The van der Waals surface area contributed by atoms with Crippen molar-refractivity contribution in [2.75, 3.05) is 13.1 Å². The van der Waals surface area contributed by atoms with Crippen molar-refractivity contribution in [3.8, 4) is 0 Å². The molecule has 1 saturated carbocycles. The zero-order valence-electron chi connectivity index (χ0n) is 13.8. The molecular weight excluding hydrogens is 232 g/mol. The van der Waals surface area contributed by atoms with Crippen LogP contribution in [-0.2, 0) is 0 Å². The molecule has 19 heavy (non-hydrogen) atoms. The zero-order valence-corrected chi connectivity index (χ0v) is 13.8. The summed E-state index contributed by atoms with van der Waals surface area (Å²) in [4.78, 5) is 2.83. The summed E-state index contributed by atoms with van der Waals surface area (Å²) in [5.41, 5.74) is 0.958. The van der Waals surface area contributed by atoms with E-state index in [1.165, 1.54) is 51.6 Å². The fourth-order valence-electron chi connectivity index (χ4n) is 3.97. The minimum atomic E-state index is 0.374. The quantitative estimate of drug-likeness (QED) is 0.835. The smallest absolute Gasteiger partial charge is 0.0304 e. The monoisotopic (exact) mass is 266 g/mol. The largest absolute Gasteiger partial charge is 0.308 e. The lowest BCUT2D eigenvalue weighted by Gasteiger charge is -2.51. The second-order valence-corrected chi connectivity index (χ2v) is 7.79. The molecule has 0 aromatic rings. The Morgan fingerprint density at radius 3 is 2.21 bits per heavy atom. The Hall–Kier alpha value is -0.0800. The van der Waals surface area contributed by atoms with Crippen LogP contribution in [-0.4, -0.2) is 35.6 Å². The van der Waals surface area contributed by atoms with Crippen molar-refractivity contribution in [2.24, 2.45) is 5.41 Å². The van der Waals surface area contributed by atoms with Gasteiger partial charge in [0.2, 0.25) is 0 Å². The van der Waals surface area contributed by atoms with Gasteiger partial charge >= 0.3 is 0 Å². The van der Waals surface area contributed by atoms with Crippen LogP contribution in [0.5, 0.6) is 0 Å². The molecule has 0 radical (unpaired) electrons. The van der Waals surface area contributed by atoms with Gasteiger partial charge in [-0.2, -0.15) is 0 Å². The van der Waals surface area contributed by atoms with Crippen molar-refractivity contribution in [1.29, 1.82) is 0 Å². The molecule has 2 aliphatic rings. The normalized spacial score (nSPS) is 32.4. The maximum absolute atomic E-state index is 3.83. The van der Waals surface area contributed by atoms with Crippen molar-refractivity contribution in [2.45, 2.75) is 90.8 Å². The Balaban J connectivity index is 2.02. The van der Waals surface area contributed by atoms with Gasteiger partial charge in [-0.25, -0.2) is 0 Å². The van der Waals surface area contributed by atoms with Crippen LogP contribution in [0, 0.1) is 5.41 Å². The topological polar surface area (TPSA) is 15.3 Å². The second kappa shape index (κ2) is 5.73. The molecule has 0 aromatic carbocycles. The summed E-state index contributed by atoms with van der Waals surface area (Å²) in [5, 5.41) is 3.83. The molecule has 1 atom stereocenters. The van der Waals surface area contributed by atoms with Crippen molar-refractivity contribution in [1.82, 2.24) is 10.2 Å². The summed E-state index contributed by atoms with van der Waals surface area (Å²) in [6, 6.07) is 1.54. The molecular formula is C17H34N2. The highest BCUT2D eigenvalue weighted by Crippen LogP contribution is 2.38. The number of hydrogen-bond donors (Lipinski definition) is 1. The molecule has 1 heterocycles. The van der Waals surface area contributed by atoms with Crippen LogP contribution in [0.4, 0.5) is 0 Å². The van der Waals surface area contributed by atoms with E-state index in [-0.39, 0.29) is 0 Å². The van der Waals surface area contributed by atoms with Crippen molar-refractivity contribution < 1.29 is 0 Å². The fourth-order valence-corrected chi connectivity index (χ4v) is 3.97. The third kappa shape index (κ3) is 3.33. The third-order valence-electron chi connectivity index (χ3n) is 5.96. The van der Waals surface area contributed by atoms with Crippen molar-refractivity contribution in [3.05, 3.63) is 0 Å². The zero-order chi connectivity index (χ0) is 14.1. The Kier molecular flexibility index (Phi) is 4.62. The first-order valence-corrected chi connectivity index (χ1v) is 8.42. The highest BCUT2D eigenvalue weighted by atomic mass is 15.3. The molecule has 112 valence electrons. The van der Waals surface area contributed by atoms with E-state index in [2.05, 4.69) is 44.8 Å². The average molecular weight is 266 g/mol. The van der Waals surface area contributed by atoms with Crippen LogP contribution in [0.1, 0.15) is 73.1 Å². The molecule has 1 saturated heterocycles. The van der Waals surface area contributed by atoms with E-state index in [0.29, 0.717) is 17.0 Å². The fraction of sp³-hybridized carbons (Fsp3) is 1.00. The number of nitrogens with one attached hydrogen (secondary N) is 1. The van der Waals surface area contributed by atoms with Gasteiger partial charge in [-0.05, 0) is 50.9 Å². The van der Waals surface area contributed by atoms with Gasteiger partial charge in [0.25, 0.3) is 0 Å². The summed E-state index contributed by atoms with van der Waals surface area (Å²) in [6.07, 6.45) is 8.12. The van der Waals surface area contributed by atoms with E-state index in [1.807, 2.05) is 0 Å². The average Bonchev–Trinajstić information content (AvgIpc) is 2.40. The maximum atomic E-state index is 3.83. The first-order valence-electron chi connectivity index (χ1n) is 8.42. The van der Waals surface area contributed by atoms with Crippen LogP contribution in [0.3, 0.4) is 0 Å². The summed E-state index contributed by atoms with van der Waals surface area (Å²) in [6.45, 7) is 14.4. The summed E-state index contributed by atoms with van der Waals surface area (Å²) >= 11 is 0. The number of nitrogens with zero attached hydrogens (tertiary/aromatic N) is 1. The Morgan fingerprint density at radius 1 is 1.11 bits per heavy atom. The minimum Gasteiger partial charge on any atom is -0.308 e. The highest BCUT2D eigenvalue weighted by Gasteiger charge is 2.39. The molecule has 1 aliphatic heterocycles. The van der Waals surface area contributed by atoms with Crippen LogP contribution in [0.2, 0.25) is 0 Å². The summed E-state index contributed by atoms with van der Waals surface area (Å²) in [7, 11) is 0. The third-order valence-corrected chi connectivity index (χ3v) is 5.96. The summed E-state index contributed by atoms with van der Waals surface area (Å²) in [5.74, 6) is 0. The molecule has 2 rings (SSSR count). The van der Waals surface area contributed by atoms with E-state index in [9.17, 15) is 0 Å². The molecule has 2 nitrogen and oxygen atoms in total. The number of hydrogen-bond acceptors (Lipinski definition) is 2. The molecule has 0 spiro atoms. The van der Waals surface area contributed by atoms with Gasteiger partial charge in [0.05, 0.1) is 0 Å². The predicted octanol–water partition coefficient (Wildman–Crippen LogP) is 3.81. The Labute approximate surface area is 120 Å². The maximum Gasteiger partial charge on any atom is 0.0304 e. The lowest BCUT2D eigenvalue weighted by Crippen LogP contribution is -2.65. The molecule has 1 aliphatic carbocycles. The first-order chi connectivity index (χ1) is 8.91. The molecule has 2 heteroatoms. The van der Waals surface area contributed by atoms with Crippen LogP contribution in [0.25, 0.3) is 0 Å². The van der Waals surface area contributed by atoms with Crippen LogP contribution in [0.15, 0.2) is 0 Å². The van der Waals surface area contributed by atoms with E-state index < -0.39 is 0 Å². The van der Waals surface area contributed by atoms with Gasteiger partial charge < -0.3 is 5.32 Å². The van der Waals surface area contributed by atoms with Gasteiger partial charge in [0.15, 0.2) is 0 Å². The van der Waals surface area contributed by atoms with E-state index in [1.54, 1.807) is 0 Å². The van der Waals surface area contributed by atoms with Gasteiger partial charge in [0, 0.05) is 30.7 Å². The van der Waals surface area contributed by atoms with Crippen molar-refractivity contribution >= 4 is 0 Å². The molecule has 0 amide bonds. The standard InChI is InChI=1S/C17H34N2/c1-6-17(7-2)13-19(14(3)12-18-17)15-8-10-16(4,5)11-9-15/h14-15,18H,6-13H2,1-5H3. The van der Waals surface area contributed by atoms with Crippen LogP contribution < -0.4 is 5.32 Å². The van der Waals surface area contributed by atoms with E-state index >= 15 is 0 Å². The minimum absolute atomic E-state index is 0.374. The lowest BCUT2D eigenvalue weighted by atomic mass is 9.74. The molecule has 0 aromatic heterocycles. The summed E-state index contributed by atoms with van der Waals surface area (Å²) < 4.78 is 0. The van der Waals surface area contributed by atoms with Gasteiger partial charge in [0.1, 0.15) is 0 Å². The van der Waals surface area contributed by atoms with Gasteiger partial charge in [-0.3, -0.25) is 4.90 Å². The van der Waals surface area contributed by atoms with Crippen LogP contribution >= 0.6 is 0 Å². The molecule has 1 unspecified atom stereocenters. The molecule has 1 N–H and O–H groups in total. The number of rotatable bonds is 3. The van der Waals surface area contributed by atoms with E-state index in [4.69, 9.17) is 0 Å². The second-order valence-electron chi connectivity index (χ2n) is 7.79. The first kappa shape index (κ1) is 15.3. The van der Waals surface area contributed by atoms with E-state index in [0.717, 1.165) is 6.04 Å². The number of piperazine rings is 1. The SMILES string of the molecule is CCC1(CC)CN(C2CCC(C)(C)CC2)C(C)CN1. The molecule has 2 fully saturated rings. The predicted molar refractivity (Wildman–Crippen MR) is 83.5 cm³/mol.